The van der Waals surface area contributed by atoms with Gasteiger partial charge in [0.15, 0.2) is 0 Å². The summed E-state index contributed by atoms with van der Waals surface area (Å²) in [5.41, 5.74) is 0.712. The number of nitrogens with zero attached hydrogens (tertiary/aromatic N) is 1. The standard InChI is InChI=1S/C7H5NO3S/c9-8(10)7-3-1-6(2-4-7)5-12-11/h1-5H. The summed E-state index contributed by atoms with van der Waals surface area (Å²) < 4.78 is 10.0. The first kappa shape index (κ1) is 8.61. The molecule has 0 atom stereocenters. The van der Waals surface area contributed by atoms with E-state index in [1.807, 2.05) is 0 Å². The lowest BCUT2D eigenvalue weighted by atomic mass is 10.2. The Morgan fingerprint density at radius 3 is 2.33 bits per heavy atom. The van der Waals surface area contributed by atoms with Gasteiger partial charge in [-0.2, -0.15) is 0 Å². The highest BCUT2D eigenvalue weighted by Gasteiger charge is 2.01. The first-order valence-corrected chi connectivity index (χ1v) is 3.91. The lowest BCUT2D eigenvalue weighted by Crippen LogP contribution is -1.87. The Morgan fingerprint density at radius 1 is 1.33 bits per heavy atom. The van der Waals surface area contributed by atoms with Crippen molar-refractivity contribution in [1.82, 2.24) is 0 Å². The predicted molar refractivity (Wildman–Crippen MR) is 46.4 cm³/mol. The second-order valence-corrected chi connectivity index (χ2v) is 2.49. The van der Waals surface area contributed by atoms with Crippen molar-refractivity contribution in [2.45, 2.75) is 0 Å². The Bertz CT molecular complexity index is 319. The molecule has 0 saturated carbocycles. The number of non-ortho nitro benzene ring substituents is 1. The molecule has 4 nitrogen and oxygen atoms in total. The fraction of sp³-hybridized carbons (Fsp3) is 0. The predicted octanol–water partition coefficient (Wildman–Crippen LogP) is 0.958. The fourth-order valence-corrected chi connectivity index (χ4v) is 0.998. The maximum Gasteiger partial charge on any atom is 0.269 e. The minimum Gasteiger partial charge on any atom is -0.258 e. The lowest BCUT2D eigenvalue weighted by molar-refractivity contribution is -0.384. The van der Waals surface area contributed by atoms with Gasteiger partial charge in [0.05, 0.1) is 16.2 Å². The molecule has 1 aromatic rings. The highest BCUT2D eigenvalue weighted by atomic mass is 32.1. The summed E-state index contributed by atoms with van der Waals surface area (Å²) in [6, 6.07) is 5.79. The second-order valence-electron chi connectivity index (χ2n) is 2.06. The minimum atomic E-state index is -0.478. The first-order chi connectivity index (χ1) is 5.74. The topological polar surface area (TPSA) is 60.2 Å². The summed E-state index contributed by atoms with van der Waals surface area (Å²) in [7, 11) is 0. The second kappa shape index (κ2) is 3.77. The average molecular weight is 183 g/mol. The van der Waals surface area contributed by atoms with E-state index >= 15 is 0 Å². The molecule has 0 unspecified atom stereocenters. The van der Waals surface area contributed by atoms with Crippen molar-refractivity contribution in [3.63, 3.8) is 0 Å². The Balaban J connectivity index is 3.00. The van der Waals surface area contributed by atoms with Crippen molar-refractivity contribution in [2.75, 3.05) is 0 Å². The molecule has 1 aromatic carbocycles. The van der Waals surface area contributed by atoms with E-state index in [-0.39, 0.29) is 5.69 Å². The van der Waals surface area contributed by atoms with E-state index in [9.17, 15) is 14.3 Å². The quantitative estimate of drug-likeness (QED) is 0.389. The van der Waals surface area contributed by atoms with E-state index in [2.05, 4.69) is 0 Å². The van der Waals surface area contributed by atoms with Crippen molar-refractivity contribution in [2.24, 2.45) is 0 Å². The number of hydrogen-bond donors (Lipinski definition) is 0. The van der Waals surface area contributed by atoms with Gasteiger partial charge in [-0.25, -0.2) is 4.21 Å². The van der Waals surface area contributed by atoms with Gasteiger partial charge in [-0.05, 0) is 17.7 Å². The molecule has 62 valence electrons. The highest BCUT2D eigenvalue weighted by Crippen LogP contribution is 2.10. The van der Waals surface area contributed by atoms with Crippen LogP contribution in [-0.4, -0.2) is 14.5 Å². The normalized spacial score (nSPS) is 9.00. The molecule has 0 aliphatic heterocycles. The van der Waals surface area contributed by atoms with Gasteiger partial charge in [0.1, 0.15) is 0 Å². The van der Waals surface area contributed by atoms with Crippen LogP contribution in [0.15, 0.2) is 24.3 Å². The molecule has 0 radical (unpaired) electrons. The third-order valence-electron chi connectivity index (χ3n) is 1.29. The molecular formula is C7H5NO3S. The van der Waals surface area contributed by atoms with Crippen molar-refractivity contribution in [3.05, 3.63) is 39.9 Å². The first-order valence-electron chi connectivity index (χ1n) is 3.10. The zero-order valence-electron chi connectivity index (χ0n) is 5.97. The summed E-state index contributed by atoms with van der Waals surface area (Å²) in [5, 5.41) is 11.6. The molecule has 0 bridgehead atoms. The van der Waals surface area contributed by atoms with Gasteiger partial charge in [-0.15, -0.1) is 0 Å². The Morgan fingerprint density at radius 2 is 1.92 bits per heavy atom. The summed E-state index contributed by atoms with van der Waals surface area (Å²) in [4.78, 5) is 9.72. The van der Waals surface area contributed by atoms with Gasteiger partial charge in [-0.3, -0.25) is 10.1 Å². The largest absolute Gasteiger partial charge is 0.269 e. The van der Waals surface area contributed by atoms with Crippen LogP contribution in [0.1, 0.15) is 5.56 Å². The van der Waals surface area contributed by atoms with E-state index in [4.69, 9.17) is 0 Å². The van der Waals surface area contributed by atoms with Crippen molar-refractivity contribution < 1.29 is 9.13 Å². The molecular weight excluding hydrogens is 178 g/mol. The van der Waals surface area contributed by atoms with Crippen LogP contribution in [0.25, 0.3) is 0 Å². The number of nitro benzene ring substituents is 1. The molecule has 0 heterocycles. The maximum absolute atomic E-state index is 10.2. The van der Waals surface area contributed by atoms with Crippen LogP contribution in [-0.2, 0) is 11.3 Å². The average Bonchev–Trinajstić information content (AvgIpc) is 2.06. The molecule has 0 amide bonds. The number of benzene rings is 1. The van der Waals surface area contributed by atoms with E-state index in [0.717, 1.165) is 0 Å². The number of hydrogen-bond acceptors (Lipinski definition) is 3. The number of nitro groups is 1. The molecule has 0 fully saturated rings. The van der Waals surface area contributed by atoms with Gasteiger partial charge in [0.2, 0.25) is 0 Å². The fourth-order valence-electron chi connectivity index (χ4n) is 0.730. The summed E-state index contributed by atoms with van der Waals surface area (Å²) >= 11 is 0.324. The van der Waals surface area contributed by atoms with Gasteiger partial charge in [-0.1, -0.05) is 0 Å². The van der Waals surface area contributed by atoms with E-state index in [1.54, 1.807) is 0 Å². The molecule has 0 spiro atoms. The van der Waals surface area contributed by atoms with Gasteiger partial charge < -0.3 is 0 Å². The monoisotopic (exact) mass is 183 g/mol. The van der Waals surface area contributed by atoms with Crippen LogP contribution >= 0.6 is 0 Å². The maximum atomic E-state index is 10.2. The Labute approximate surface area is 72.1 Å². The van der Waals surface area contributed by atoms with Crippen molar-refractivity contribution >= 4 is 22.3 Å². The Kier molecular flexibility index (Phi) is 2.71. The van der Waals surface area contributed by atoms with Crippen molar-refractivity contribution in [1.29, 1.82) is 0 Å². The van der Waals surface area contributed by atoms with Crippen LogP contribution in [0.3, 0.4) is 0 Å². The van der Waals surface area contributed by atoms with E-state index < -0.39 is 4.92 Å². The van der Waals surface area contributed by atoms with Crippen LogP contribution in [0, 0.1) is 10.1 Å². The number of rotatable bonds is 2. The zero-order chi connectivity index (χ0) is 8.97. The minimum absolute atomic E-state index is 0.0306. The SMILES string of the molecule is O=S=Cc1ccc([N+](=O)[O-])cc1. The molecule has 0 N–H and O–H groups in total. The molecule has 0 aromatic heterocycles. The van der Waals surface area contributed by atoms with E-state index in [1.165, 1.54) is 29.6 Å². The molecule has 1 rings (SSSR count). The third kappa shape index (κ3) is 2.00. The molecule has 0 aliphatic rings. The van der Waals surface area contributed by atoms with Crippen molar-refractivity contribution in [3.8, 4) is 0 Å². The zero-order valence-corrected chi connectivity index (χ0v) is 6.78. The third-order valence-corrected chi connectivity index (χ3v) is 1.66. The molecule has 0 aliphatic carbocycles. The molecule has 5 heteroatoms. The molecule has 0 saturated heterocycles. The van der Waals surface area contributed by atoms with Crippen LogP contribution < -0.4 is 0 Å². The van der Waals surface area contributed by atoms with Crippen LogP contribution in [0.2, 0.25) is 0 Å². The smallest absolute Gasteiger partial charge is 0.258 e. The summed E-state index contributed by atoms with van der Waals surface area (Å²) in [6.07, 6.45) is 0. The van der Waals surface area contributed by atoms with Crippen LogP contribution in [0.5, 0.6) is 0 Å². The lowest BCUT2D eigenvalue weighted by Gasteiger charge is -1.90. The van der Waals surface area contributed by atoms with Crippen LogP contribution in [0.4, 0.5) is 5.69 Å². The summed E-state index contributed by atoms with van der Waals surface area (Å²) in [6.45, 7) is 0. The Hall–Kier alpha value is -1.49. The molecule has 12 heavy (non-hydrogen) atoms. The highest BCUT2D eigenvalue weighted by molar-refractivity contribution is 7.65. The summed E-state index contributed by atoms with van der Waals surface area (Å²) in [5.74, 6) is 0. The van der Waals surface area contributed by atoms with Gasteiger partial charge >= 0.3 is 0 Å². The van der Waals surface area contributed by atoms with E-state index in [0.29, 0.717) is 16.8 Å². The van der Waals surface area contributed by atoms with Gasteiger partial charge in [0.25, 0.3) is 5.69 Å². The van der Waals surface area contributed by atoms with Gasteiger partial charge in [0, 0.05) is 17.5 Å².